The van der Waals surface area contributed by atoms with Gasteiger partial charge in [-0.1, -0.05) is 29.8 Å². The van der Waals surface area contributed by atoms with Crippen LogP contribution in [0.5, 0.6) is 5.75 Å². The van der Waals surface area contributed by atoms with Crippen molar-refractivity contribution in [3.8, 4) is 5.75 Å². The summed E-state index contributed by atoms with van der Waals surface area (Å²) in [5.74, 6) is -0.106. The summed E-state index contributed by atoms with van der Waals surface area (Å²) in [7, 11) is 1.63. The van der Waals surface area contributed by atoms with Crippen molar-refractivity contribution in [1.29, 1.82) is 0 Å². The van der Waals surface area contributed by atoms with E-state index < -0.39 is 12.0 Å². The van der Waals surface area contributed by atoms with Gasteiger partial charge in [0.25, 0.3) is 0 Å². The molecule has 1 aliphatic heterocycles. The highest BCUT2D eigenvalue weighted by molar-refractivity contribution is 5.75. The Balaban J connectivity index is 1.63. The number of ether oxygens (including phenoxy) is 2. The first-order chi connectivity index (χ1) is 13.6. The molecule has 0 saturated carbocycles. The Kier molecular flexibility index (Phi) is 6.90. The number of aliphatic carboxylic acids is 1. The molecule has 6 heteroatoms. The average molecular weight is 384 g/mol. The predicted molar refractivity (Wildman–Crippen MR) is 109 cm³/mol. The highest BCUT2D eigenvalue weighted by Crippen LogP contribution is 2.26. The normalized spacial score (nSPS) is 16.0. The molecule has 2 aromatic rings. The third-order valence-electron chi connectivity index (χ3n) is 5.06. The molecule has 28 heavy (non-hydrogen) atoms. The number of nitrogens with zero attached hydrogens (tertiary/aromatic N) is 2. The average Bonchev–Trinajstić information content (AvgIpc) is 2.70. The number of methoxy groups -OCH3 is 1. The van der Waals surface area contributed by atoms with Crippen LogP contribution in [-0.2, 0) is 9.53 Å². The molecular weight excluding hydrogens is 356 g/mol. The molecular formula is C22H28N2O4. The molecule has 2 aromatic carbocycles. The molecule has 1 atom stereocenters. The predicted octanol–water partition coefficient (Wildman–Crippen LogP) is 2.97. The lowest BCUT2D eigenvalue weighted by molar-refractivity contribution is -0.143. The van der Waals surface area contributed by atoms with Crippen LogP contribution in [0.3, 0.4) is 0 Å². The molecule has 1 N–H and O–H groups in total. The Labute approximate surface area is 166 Å². The maximum absolute atomic E-state index is 12.0. The molecule has 1 saturated heterocycles. The fraction of sp³-hybridized carbons (Fsp3) is 0.409. The number of carboxylic acids is 1. The summed E-state index contributed by atoms with van der Waals surface area (Å²) >= 11 is 0. The van der Waals surface area contributed by atoms with E-state index in [1.807, 2.05) is 29.2 Å². The molecule has 1 unspecified atom stereocenters. The molecule has 0 aromatic heterocycles. The van der Waals surface area contributed by atoms with Gasteiger partial charge in [-0.25, -0.2) is 0 Å². The minimum atomic E-state index is -0.822. The number of aryl methyl sites for hydroxylation is 1. The van der Waals surface area contributed by atoms with Gasteiger partial charge >= 0.3 is 5.97 Å². The molecule has 1 aliphatic rings. The van der Waals surface area contributed by atoms with Crippen LogP contribution in [0.2, 0.25) is 0 Å². The van der Waals surface area contributed by atoms with Gasteiger partial charge < -0.3 is 19.5 Å². The van der Waals surface area contributed by atoms with E-state index in [1.54, 1.807) is 7.11 Å². The highest BCUT2D eigenvalue weighted by atomic mass is 16.5. The van der Waals surface area contributed by atoms with Crippen LogP contribution in [0, 0.1) is 6.92 Å². The van der Waals surface area contributed by atoms with Crippen molar-refractivity contribution in [3.63, 3.8) is 0 Å². The van der Waals surface area contributed by atoms with Gasteiger partial charge in [0.05, 0.1) is 6.61 Å². The van der Waals surface area contributed by atoms with Crippen molar-refractivity contribution in [2.75, 3.05) is 51.4 Å². The Bertz CT molecular complexity index is 753. The summed E-state index contributed by atoms with van der Waals surface area (Å²) in [6.45, 7) is 6.10. The highest BCUT2D eigenvalue weighted by Gasteiger charge is 2.30. The molecule has 0 spiro atoms. The maximum atomic E-state index is 12.0. The summed E-state index contributed by atoms with van der Waals surface area (Å²) in [6.07, 6.45) is 0. The minimum Gasteiger partial charge on any atom is -0.491 e. The van der Waals surface area contributed by atoms with Crippen LogP contribution in [-0.4, -0.2) is 62.5 Å². The first-order valence-electron chi connectivity index (χ1n) is 9.58. The number of anilines is 1. The topological polar surface area (TPSA) is 62.2 Å². The van der Waals surface area contributed by atoms with Crippen LogP contribution < -0.4 is 9.64 Å². The summed E-state index contributed by atoms with van der Waals surface area (Å²) in [5.41, 5.74) is 3.20. The third kappa shape index (κ3) is 5.03. The second kappa shape index (κ2) is 9.57. The standard InChI is InChI=1S/C22H28N2O4/c1-17-3-7-19(8-4-17)23-11-13-24(14-12-23)21(22(25)26)18-5-9-20(10-6-18)28-16-15-27-2/h3-10,21H,11-16H2,1-2H3,(H,25,26). The smallest absolute Gasteiger partial charge is 0.325 e. The SMILES string of the molecule is COCCOc1ccc(C(C(=O)O)N2CCN(c3ccc(C)cc3)CC2)cc1. The second-order valence-electron chi connectivity index (χ2n) is 7.01. The fourth-order valence-corrected chi connectivity index (χ4v) is 3.49. The zero-order chi connectivity index (χ0) is 19.9. The minimum absolute atomic E-state index is 0.471. The summed E-state index contributed by atoms with van der Waals surface area (Å²) in [5, 5.41) is 9.83. The monoisotopic (exact) mass is 384 g/mol. The van der Waals surface area contributed by atoms with Gasteiger partial charge in [0.15, 0.2) is 0 Å². The number of hydrogen-bond acceptors (Lipinski definition) is 5. The first-order valence-corrected chi connectivity index (χ1v) is 9.58. The number of rotatable bonds is 8. The van der Waals surface area contributed by atoms with E-state index in [9.17, 15) is 9.90 Å². The van der Waals surface area contributed by atoms with Crippen molar-refractivity contribution in [1.82, 2.24) is 4.90 Å². The van der Waals surface area contributed by atoms with Crippen LogP contribution in [0.25, 0.3) is 0 Å². The van der Waals surface area contributed by atoms with Gasteiger partial charge in [0.2, 0.25) is 0 Å². The van der Waals surface area contributed by atoms with E-state index in [-0.39, 0.29) is 0 Å². The third-order valence-corrected chi connectivity index (χ3v) is 5.06. The second-order valence-corrected chi connectivity index (χ2v) is 7.01. The lowest BCUT2D eigenvalue weighted by atomic mass is 10.0. The van der Waals surface area contributed by atoms with Crippen molar-refractivity contribution in [2.24, 2.45) is 0 Å². The summed E-state index contributed by atoms with van der Waals surface area (Å²) in [4.78, 5) is 16.3. The van der Waals surface area contributed by atoms with Crippen molar-refractivity contribution in [2.45, 2.75) is 13.0 Å². The van der Waals surface area contributed by atoms with E-state index in [0.717, 1.165) is 18.7 Å². The molecule has 0 bridgehead atoms. The molecule has 1 fully saturated rings. The van der Waals surface area contributed by atoms with Crippen molar-refractivity contribution >= 4 is 11.7 Å². The van der Waals surface area contributed by atoms with E-state index in [1.165, 1.54) is 11.3 Å². The molecule has 6 nitrogen and oxygen atoms in total. The van der Waals surface area contributed by atoms with Gasteiger partial charge in [0.1, 0.15) is 18.4 Å². The number of piperazine rings is 1. The lowest BCUT2D eigenvalue weighted by Crippen LogP contribution is -2.49. The number of carbonyl (C=O) groups is 1. The van der Waals surface area contributed by atoms with Gasteiger partial charge in [-0.15, -0.1) is 0 Å². The number of carboxylic acid groups (broad SMARTS) is 1. The molecule has 0 amide bonds. The Hall–Kier alpha value is -2.57. The number of hydrogen-bond donors (Lipinski definition) is 1. The van der Waals surface area contributed by atoms with E-state index in [0.29, 0.717) is 32.1 Å². The van der Waals surface area contributed by atoms with Crippen LogP contribution >= 0.6 is 0 Å². The van der Waals surface area contributed by atoms with Gasteiger partial charge in [-0.05, 0) is 36.8 Å². The summed E-state index contributed by atoms with van der Waals surface area (Å²) < 4.78 is 10.5. The van der Waals surface area contributed by atoms with Crippen LogP contribution in [0.15, 0.2) is 48.5 Å². The maximum Gasteiger partial charge on any atom is 0.325 e. The largest absolute Gasteiger partial charge is 0.491 e. The fourth-order valence-electron chi connectivity index (χ4n) is 3.49. The Morgan fingerprint density at radius 3 is 2.21 bits per heavy atom. The molecule has 0 radical (unpaired) electrons. The quantitative estimate of drug-likeness (QED) is 0.706. The molecule has 0 aliphatic carbocycles. The summed E-state index contributed by atoms with van der Waals surface area (Å²) in [6, 6.07) is 15.2. The first kappa shape index (κ1) is 20.2. The molecule has 150 valence electrons. The zero-order valence-corrected chi connectivity index (χ0v) is 16.5. The lowest BCUT2D eigenvalue weighted by Gasteiger charge is -2.39. The molecule has 1 heterocycles. The van der Waals surface area contributed by atoms with E-state index in [4.69, 9.17) is 9.47 Å². The Morgan fingerprint density at radius 1 is 1.00 bits per heavy atom. The van der Waals surface area contributed by atoms with Crippen LogP contribution in [0.1, 0.15) is 17.2 Å². The zero-order valence-electron chi connectivity index (χ0n) is 16.5. The molecule has 3 rings (SSSR count). The Morgan fingerprint density at radius 2 is 1.64 bits per heavy atom. The van der Waals surface area contributed by atoms with E-state index in [2.05, 4.69) is 36.1 Å². The van der Waals surface area contributed by atoms with Gasteiger partial charge in [0, 0.05) is 39.0 Å². The van der Waals surface area contributed by atoms with Crippen molar-refractivity contribution < 1.29 is 19.4 Å². The van der Waals surface area contributed by atoms with Gasteiger partial charge in [-0.3, -0.25) is 9.69 Å². The van der Waals surface area contributed by atoms with Crippen molar-refractivity contribution in [3.05, 3.63) is 59.7 Å². The number of benzene rings is 2. The van der Waals surface area contributed by atoms with E-state index >= 15 is 0 Å². The van der Waals surface area contributed by atoms with Gasteiger partial charge in [-0.2, -0.15) is 0 Å². The van der Waals surface area contributed by atoms with Crippen LogP contribution in [0.4, 0.5) is 5.69 Å².